The number of hydrogen-bond acceptors (Lipinski definition) is 4. The molecular weight excluding hydrogens is 278 g/mol. The summed E-state index contributed by atoms with van der Waals surface area (Å²) in [7, 11) is 0. The minimum Gasteiger partial charge on any atom is -0.310 e. The molecule has 5 heteroatoms. The number of aromatic nitrogens is 1. The molecule has 0 fully saturated rings. The molecule has 0 bridgehead atoms. The number of nitriles is 1. The van der Waals surface area contributed by atoms with E-state index in [9.17, 15) is 9.59 Å². The molecule has 1 aromatic heterocycles. The zero-order chi connectivity index (χ0) is 15.9. The SMILES string of the molecule is CCc1ccc(C=O)cc1CC(=O)Nc1ccc(C#N)cn1. The molecule has 22 heavy (non-hydrogen) atoms. The average molecular weight is 293 g/mol. The second-order valence-corrected chi connectivity index (χ2v) is 4.77. The van der Waals surface area contributed by atoms with Gasteiger partial charge in [0.1, 0.15) is 18.2 Å². The molecule has 0 saturated heterocycles. The molecule has 0 saturated carbocycles. The Morgan fingerprint density at radius 3 is 2.73 bits per heavy atom. The predicted octanol–water partition coefficient (Wildman–Crippen LogP) is 2.51. The van der Waals surface area contributed by atoms with Crippen LogP contribution in [0.1, 0.15) is 34.0 Å². The van der Waals surface area contributed by atoms with Crippen LogP contribution in [0.3, 0.4) is 0 Å². The highest BCUT2D eigenvalue weighted by atomic mass is 16.1. The molecule has 1 heterocycles. The van der Waals surface area contributed by atoms with Gasteiger partial charge in [0.25, 0.3) is 0 Å². The first kappa shape index (κ1) is 15.4. The third-order valence-corrected chi connectivity index (χ3v) is 3.26. The molecule has 0 atom stereocenters. The van der Waals surface area contributed by atoms with Crippen molar-refractivity contribution in [2.24, 2.45) is 0 Å². The summed E-state index contributed by atoms with van der Waals surface area (Å²) in [6.07, 6.45) is 3.13. The standard InChI is InChI=1S/C17H15N3O2/c1-2-14-5-3-12(11-21)7-15(14)8-17(22)20-16-6-4-13(9-18)10-19-16/h3-7,10-11H,2,8H2,1H3,(H,19,20,22). The van der Waals surface area contributed by atoms with Crippen molar-refractivity contribution in [1.29, 1.82) is 5.26 Å². The van der Waals surface area contributed by atoms with E-state index in [1.54, 1.807) is 24.3 Å². The predicted molar refractivity (Wildman–Crippen MR) is 82.5 cm³/mol. The van der Waals surface area contributed by atoms with E-state index in [1.165, 1.54) is 6.20 Å². The normalized spacial score (nSPS) is 9.82. The molecule has 1 amide bonds. The highest BCUT2D eigenvalue weighted by Gasteiger charge is 2.09. The number of rotatable bonds is 5. The number of anilines is 1. The Hall–Kier alpha value is -3.00. The molecule has 2 rings (SSSR count). The minimum atomic E-state index is -0.213. The van der Waals surface area contributed by atoms with Crippen LogP contribution in [0.25, 0.3) is 0 Å². The van der Waals surface area contributed by atoms with E-state index in [0.717, 1.165) is 23.8 Å². The Kier molecular flexibility index (Phi) is 4.99. The number of pyridine rings is 1. The quantitative estimate of drug-likeness (QED) is 0.859. The smallest absolute Gasteiger partial charge is 0.229 e. The summed E-state index contributed by atoms with van der Waals surface area (Å²) in [5.74, 6) is 0.184. The van der Waals surface area contributed by atoms with Crippen molar-refractivity contribution in [3.8, 4) is 6.07 Å². The van der Waals surface area contributed by atoms with Crippen LogP contribution in [0, 0.1) is 11.3 Å². The van der Waals surface area contributed by atoms with E-state index in [1.807, 2.05) is 19.1 Å². The number of amides is 1. The molecule has 1 N–H and O–H groups in total. The van der Waals surface area contributed by atoms with Crippen LogP contribution in [0.15, 0.2) is 36.5 Å². The Labute approximate surface area is 128 Å². The molecule has 2 aromatic rings. The molecule has 0 aliphatic rings. The van der Waals surface area contributed by atoms with Crippen LogP contribution < -0.4 is 5.32 Å². The van der Waals surface area contributed by atoms with Gasteiger partial charge >= 0.3 is 0 Å². The number of nitrogens with one attached hydrogen (secondary N) is 1. The summed E-state index contributed by atoms with van der Waals surface area (Å²) in [6, 6.07) is 10.5. The lowest BCUT2D eigenvalue weighted by Crippen LogP contribution is -2.16. The van der Waals surface area contributed by atoms with Gasteiger partial charge in [-0.05, 0) is 35.7 Å². The van der Waals surface area contributed by atoms with E-state index in [-0.39, 0.29) is 12.3 Å². The monoisotopic (exact) mass is 293 g/mol. The van der Waals surface area contributed by atoms with Crippen molar-refractivity contribution in [2.75, 3.05) is 5.32 Å². The van der Waals surface area contributed by atoms with Gasteiger partial charge in [0.15, 0.2) is 0 Å². The van der Waals surface area contributed by atoms with Crippen molar-refractivity contribution >= 4 is 18.0 Å². The lowest BCUT2D eigenvalue weighted by Gasteiger charge is -2.09. The minimum absolute atomic E-state index is 0.173. The first-order valence-electron chi connectivity index (χ1n) is 6.89. The van der Waals surface area contributed by atoms with Crippen LogP contribution in [0.4, 0.5) is 5.82 Å². The number of nitrogens with zero attached hydrogens (tertiary/aromatic N) is 2. The zero-order valence-corrected chi connectivity index (χ0v) is 12.2. The molecule has 0 radical (unpaired) electrons. The Balaban J connectivity index is 2.11. The molecule has 0 aliphatic carbocycles. The second-order valence-electron chi connectivity index (χ2n) is 4.77. The summed E-state index contributed by atoms with van der Waals surface area (Å²) >= 11 is 0. The summed E-state index contributed by atoms with van der Waals surface area (Å²) in [5, 5.41) is 11.4. The molecule has 110 valence electrons. The summed E-state index contributed by atoms with van der Waals surface area (Å²) in [4.78, 5) is 27.0. The van der Waals surface area contributed by atoms with Gasteiger partial charge in [-0.15, -0.1) is 0 Å². The maximum atomic E-state index is 12.1. The van der Waals surface area contributed by atoms with E-state index in [0.29, 0.717) is 16.9 Å². The van der Waals surface area contributed by atoms with Gasteiger partial charge in [0, 0.05) is 11.8 Å². The molecule has 0 spiro atoms. The number of aldehydes is 1. The zero-order valence-electron chi connectivity index (χ0n) is 12.2. The van der Waals surface area contributed by atoms with Crippen LogP contribution in [0.2, 0.25) is 0 Å². The van der Waals surface area contributed by atoms with Crippen LogP contribution in [-0.2, 0) is 17.6 Å². The van der Waals surface area contributed by atoms with Gasteiger partial charge in [-0.2, -0.15) is 5.26 Å². The van der Waals surface area contributed by atoms with E-state index in [2.05, 4.69) is 10.3 Å². The average Bonchev–Trinajstić information content (AvgIpc) is 2.55. The lowest BCUT2D eigenvalue weighted by atomic mass is 9.99. The Bertz CT molecular complexity index is 731. The number of carbonyl (C=O) groups excluding carboxylic acids is 2. The van der Waals surface area contributed by atoms with Crippen molar-refractivity contribution in [3.05, 3.63) is 58.8 Å². The third-order valence-electron chi connectivity index (χ3n) is 3.26. The molecule has 1 aromatic carbocycles. The summed E-state index contributed by atoms with van der Waals surface area (Å²) < 4.78 is 0. The topological polar surface area (TPSA) is 82.9 Å². The highest BCUT2D eigenvalue weighted by Crippen LogP contribution is 2.14. The Morgan fingerprint density at radius 2 is 2.14 bits per heavy atom. The third kappa shape index (κ3) is 3.76. The van der Waals surface area contributed by atoms with Gasteiger partial charge in [0.05, 0.1) is 12.0 Å². The van der Waals surface area contributed by atoms with Gasteiger partial charge in [0.2, 0.25) is 5.91 Å². The molecule has 5 nitrogen and oxygen atoms in total. The first-order chi connectivity index (χ1) is 10.7. The fourth-order valence-corrected chi connectivity index (χ4v) is 2.12. The fourth-order valence-electron chi connectivity index (χ4n) is 2.12. The van der Waals surface area contributed by atoms with Gasteiger partial charge in [-0.3, -0.25) is 9.59 Å². The maximum absolute atomic E-state index is 12.1. The lowest BCUT2D eigenvalue weighted by molar-refractivity contribution is -0.115. The fraction of sp³-hybridized carbons (Fsp3) is 0.176. The largest absolute Gasteiger partial charge is 0.310 e. The maximum Gasteiger partial charge on any atom is 0.229 e. The van der Waals surface area contributed by atoms with E-state index in [4.69, 9.17) is 5.26 Å². The van der Waals surface area contributed by atoms with Gasteiger partial charge < -0.3 is 5.32 Å². The van der Waals surface area contributed by atoms with Gasteiger partial charge in [-0.1, -0.05) is 19.1 Å². The molecule has 0 unspecified atom stereocenters. The number of hydrogen-bond donors (Lipinski definition) is 1. The van der Waals surface area contributed by atoms with Crippen LogP contribution in [0.5, 0.6) is 0 Å². The molecule has 0 aliphatic heterocycles. The van der Waals surface area contributed by atoms with Crippen molar-refractivity contribution in [2.45, 2.75) is 19.8 Å². The van der Waals surface area contributed by atoms with Crippen LogP contribution >= 0.6 is 0 Å². The van der Waals surface area contributed by atoms with Crippen molar-refractivity contribution in [1.82, 2.24) is 4.98 Å². The van der Waals surface area contributed by atoms with E-state index < -0.39 is 0 Å². The second kappa shape index (κ2) is 7.14. The number of carbonyl (C=O) groups is 2. The van der Waals surface area contributed by atoms with E-state index >= 15 is 0 Å². The highest BCUT2D eigenvalue weighted by molar-refractivity contribution is 5.92. The number of benzene rings is 1. The van der Waals surface area contributed by atoms with Crippen molar-refractivity contribution < 1.29 is 9.59 Å². The first-order valence-corrected chi connectivity index (χ1v) is 6.89. The van der Waals surface area contributed by atoms with Crippen molar-refractivity contribution in [3.63, 3.8) is 0 Å². The Morgan fingerprint density at radius 1 is 1.32 bits per heavy atom. The summed E-state index contributed by atoms with van der Waals surface area (Å²) in [6.45, 7) is 2.00. The van der Waals surface area contributed by atoms with Crippen LogP contribution in [-0.4, -0.2) is 17.2 Å². The summed E-state index contributed by atoms with van der Waals surface area (Å²) in [5.41, 5.74) is 2.85. The molecular formula is C17H15N3O2. The van der Waals surface area contributed by atoms with Gasteiger partial charge in [-0.25, -0.2) is 4.98 Å². The number of aryl methyl sites for hydroxylation is 1.